The third-order valence-electron chi connectivity index (χ3n) is 5.67. The van der Waals surface area contributed by atoms with Crippen LogP contribution >= 0.6 is 0 Å². The summed E-state index contributed by atoms with van der Waals surface area (Å²) < 4.78 is 2.10. The standard InChI is InChI=1S/C19H26N6O/c1-13-11-24(19(26)17(20)14-7-3-2-4-8-14)12-16-22-23-18(25(13)16)15-9-5-6-10-21-15/h5-6,9-10,13-14,17H,2-4,7-8,11-12,20H2,1H3/t13-,17-/m0/s1. The van der Waals surface area contributed by atoms with Crippen LogP contribution in [-0.4, -0.2) is 43.1 Å². The van der Waals surface area contributed by atoms with Crippen LogP contribution in [0.3, 0.4) is 0 Å². The Kier molecular flexibility index (Phi) is 4.72. The van der Waals surface area contributed by atoms with Crippen LogP contribution < -0.4 is 5.73 Å². The van der Waals surface area contributed by atoms with Crippen molar-refractivity contribution < 1.29 is 4.79 Å². The van der Waals surface area contributed by atoms with Crippen molar-refractivity contribution in [1.82, 2.24) is 24.6 Å². The number of carbonyl (C=O) groups excluding carboxylic acids is 1. The maximum atomic E-state index is 13.0. The van der Waals surface area contributed by atoms with Gasteiger partial charge < -0.3 is 15.2 Å². The van der Waals surface area contributed by atoms with E-state index in [1.54, 1.807) is 6.20 Å². The number of nitrogens with zero attached hydrogens (tertiary/aromatic N) is 5. The van der Waals surface area contributed by atoms with E-state index < -0.39 is 6.04 Å². The van der Waals surface area contributed by atoms with Gasteiger partial charge in [-0.15, -0.1) is 10.2 Å². The fraction of sp³-hybridized carbons (Fsp3) is 0.579. The smallest absolute Gasteiger partial charge is 0.240 e. The van der Waals surface area contributed by atoms with Crippen LogP contribution in [0.5, 0.6) is 0 Å². The van der Waals surface area contributed by atoms with Crippen molar-refractivity contribution in [3.8, 4) is 11.5 Å². The van der Waals surface area contributed by atoms with Crippen molar-refractivity contribution in [3.05, 3.63) is 30.2 Å². The van der Waals surface area contributed by atoms with E-state index in [1.165, 1.54) is 19.3 Å². The van der Waals surface area contributed by atoms with Crippen LogP contribution in [0.15, 0.2) is 24.4 Å². The van der Waals surface area contributed by atoms with Gasteiger partial charge in [0.2, 0.25) is 5.91 Å². The minimum absolute atomic E-state index is 0.0531. The summed E-state index contributed by atoms with van der Waals surface area (Å²) in [6, 6.07) is 5.45. The van der Waals surface area contributed by atoms with Gasteiger partial charge >= 0.3 is 0 Å². The highest BCUT2D eigenvalue weighted by Gasteiger charge is 2.34. The topological polar surface area (TPSA) is 89.9 Å². The van der Waals surface area contributed by atoms with Crippen LogP contribution in [0.1, 0.15) is 50.9 Å². The fourth-order valence-electron chi connectivity index (χ4n) is 4.27. The van der Waals surface area contributed by atoms with E-state index in [0.29, 0.717) is 19.0 Å². The second-order valence-electron chi connectivity index (χ2n) is 7.52. The first kappa shape index (κ1) is 17.1. The predicted molar refractivity (Wildman–Crippen MR) is 97.9 cm³/mol. The van der Waals surface area contributed by atoms with Gasteiger partial charge in [-0.25, -0.2) is 0 Å². The maximum absolute atomic E-state index is 13.0. The van der Waals surface area contributed by atoms with Crippen LogP contribution in [0, 0.1) is 5.92 Å². The zero-order chi connectivity index (χ0) is 18.1. The van der Waals surface area contributed by atoms with Crippen molar-refractivity contribution in [3.63, 3.8) is 0 Å². The van der Waals surface area contributed by atoms with Crippen LogP contribution in [0.4, 0.5) is 0 Å². The highest BCUT2D eigenvalue weighted by molar-refractivity contribution is 5.82. The lowest BCUT2D eigenvalue weighted by molar-refractivity contribution is -0.136. The summed E-state index contributed by atoms with van der Waals surface area (Å²) in [7, 11) is 0. The molecule has 0 saturated heterocycles. The van der Waals surface area contributed by atoms with Gasteiger partial charge in [0, 0.05) is 12.7 Å². The zero-order valence-electron chi connectivity index (χ0n) is 15.2. The summed E-state index contributed by atoms with van der Waals surface area (Å²) in [4.78, 5) is 19.2. The maximum Gasteiger partial charge on any atom is 0.240 e. The van der Waals surface area contributed by atoms with E-state index in [-0.39, 0.29) is 11.9 Å². The molecule has 7 heteroatoms. The van der Waals surface area contributed by atoms with Gasteiger partial charge in [-0.3, -0.25) is 9.78 Å². The second-order valence-corrected chi connectivity index (χ2v) is 7.52. The highest BCUT2D eigenvalue weighted by atomic mass is 16.2. The Balaban J connectivity index is 1.53. The number of amides is 1. The molecule has 1 fully saturated rings. The third kappa shape index (κ3) is 3.11. The molecular weight excluding hydrogens is 328 g/mol. The lowest BCUT2D eigenvalue weighted by Crippen LogP contribution is -2.51. The van der Waals surface area contributed by atoms with E-state index in [2.05, 4.69) is 26.7 Å². The third-order valence-corrected chi connectivity index (χ3v) is 5.67. The summed E-state index contributed by atoms with van der Waals surface area (Å²) in [6.07, 6.45) is 7.52. The number of hydrogen-bond acceptors (Lipinski definition) is 5. The van der Waals surface area contributed by atoms with Crippen molar-refractivity contribution in [2.75, 3.05) is 6.54 Å². The molecule has 0 radical (unpaired) electrons. The number of hydrogen-bond donors (Lipinski definition) is 1. The molecule has 138 valence electrons. The van der Waals surface area contributed by atoms with E-state index >= 15 is 0 Å². The van der Waals surface area contributed by atoms with E-state index in [0.717, 1.165) is 30.2 Å². The van der Waals surface area contributed by atoms with E-state index in [4.69, 9.17) is 5.73 Å². The molecule has 2 aliphatic rings. The molecule has 0 bridgehead atoms. The number of nitrogens with two attached hydrogens (primary N) is 1. The van der Waals surface area contributed by atoms with Crippen LogP contribution in [-0.2, 0) is 11.3 Å². The lowest BCUT2D eigenvalue weighted by atomic mass is 9.83. The largest absolute Gasteiger partial charge is 0.332 e. The monoisotopic (exact) mass is 354 g/mol. The highest BCUT2D eigenvalue weighted by Crippen LogP contribution is 2.29. The first-order valence-electron chi connectivity index (χ1n) is 9.54. The molecule has 2 aromatic heterocycles. The Bertz CT molecular complexity index is 768. The van der Waals surface area contributed by atoms with Gasteiger partial charge in [-0.05, 0) is 37.8 Å². The number of rotatable bonds is 3. The summed E-state index contributed by atoms with van der Waals surface area (Å²) in [5, 5.41) is 8.65. The van der Waals surface area contributed by atoms with Crippen molar-refractivity contribution in [1.29, 1.82) is 0 Å². The number of carbonyl (C=O) groups is 1. The van der Waals surface area contributed by atoms with Gasteiger partial charge in [-0.1, -0.05) is 25.3 Å². The second kappa shape index (κ2) is 7.15. The first-order chi connectivity index (χ1) is 12.6. The molecule has 0 aromatic carbocycles. The summed E-state index contributed by atoms with van der Waals surface area (Å²) >= 11 is 0. The van der Waals surface area contributed by atoms with E-state index in [1.807, 2.05) is 23.1 Å². The molecule has 7 nitrogen and oxygen atoms in total. The Hall–Kier alpha value is -2.28. The minimum atomic E-state index is -0.396. The van der Waals surface area contributed by atoms with Crippen molar-refractivity contribution >= 4 is 5.91 Å². The molecule has 2 atom stereocenters. The summed E-state index contributed by atoms with van der Waals surface area (Å²) in [5.74, 6) is 1.93. The molecular formula is C19H26N6O. The molecule has 1 amide bonds. The first-order valence-corrected chi connectivity index (χ1v) is 9.54. The summed E-state index contributed by atoms with van der Waals surface area (Å²) in [5.41, 5.74) is 7.14. The molecule has 1 aliphatic carbocycles. The zero-order valence-corrected chi connectivity index (χ0v) is 15.2. The predicted octanol–water partition coefficient (Wildman–Crippen LogP) is 2.15. The number of aromatic nitrogens is 4. The Morgan fingerprint density at radius 1 is 1.23 bits per heavy atom. The van der Waals surface area contributed by atoms with Gasteiger partial charge in [0.15, 0.2) is 11.6 Å². The molecule has 2 N–H and O–H groups in total. The van der Waals surface area contributed by atoms with Crippen molar-refractivity contribution in [2.24, 2.45) is 11.7 Å². The Labute approximate surface area is 153 Å². The van der Waals surface area contributed by atoms with Gasteiger partial charge in [-0.2, -0.15) is 0 Å². The normalized spacial score (nSPS) is 22.1. The fourth-order valence-corrected chi connectivity index (χ4v) is 4.27. The average molecular weight is 354 g/mol. The molecule has 26 heavy (non-hydrogen) atoms. The van der Waals surface area contributed by atoms with Crippen LogP contribution in [0.25, 0.3) is 11.5 Å². The number of fused-ring (bicyclic) bond motifs is 1. The van der Waals surface area contributed by atoms with Gasteiger partial charge in [0.25, 0.3) is 0 Å². The van der Waals surface area contributed by atoms with Gasteiger partial charge in [0.05, 0.1) is 18.6 Å². The van der Waals surface area contributed by atoms with Gasteiger partial charge in [0.1, 0.15) is 5.69 Å². The Morgan fingerprint density at radius 2 is 2.04 bits per heavy atom. The van der Waals surface area contributed by atoms with Crippen molar-refractivity contribution in [2.45, 2.75) is 57.7 Å². The minimum Gasteiger partial charge on any atom is -0.332 e. The molecule has 4 rings (SSSR count). The molecule has 0 spiro atoms. The molecule has 1 saturated carbocycles. The Morgan fingerprint density at radius 3 is 2.77 bits per heavy atom. The van der Waals surface area contributed by atoms with Crippen LogP contribution in [0.2, 0.25) is 0 Å². The molecule has 0 unspecified atom stereocenters. The average Bonchev–Trinajstić information content (AvgIpc) is 3.13. The SMILES string of the molecule is C[C@H]1CN(C(=O)[C@@H](N)C2CCCCC2)Cc2nnc(-c3ccccn3)n21. The molecule has 1 aliphatic heterocycles. The quantitative estimate of drug-likeness (QED) is 0.912. The molecule has 2 aromatic rings. The molecule has 3 heterocycles. The van der Waals surface area contributed by atoms with E-state index in [9.17, 15) is 4.79 Å². The number of pyridine rings is 1. The lowest BCUT2D eigenvalue weighted by Gasteiger charge is -2.36. The summed E-state index contributed by atoms with van der Waals surface area (Å²) in [6.45, 7) is 3.18.